The first-order chi connectivity index (χ1) is 12.9. The molecule has 0 radical (unpaired) electrons. The third kappa shape index (κ3) is 3.24. The third-order valence-corrected chi connectivity index (χ3v) is 7.62. The highest BCUT2D eigenvalue weighted by molar-refractivity contribution is 7.89. The lowest BCUT2D eigenvalue weighted by molar-refractivity contribution is 0.0699. The van der Waals surface area contributed by atoms with Crippen LogP contribution in [0.1, 0.15) is 28.1 Å². The minimum absolute atomic E-state index is 0.0551. The van der Waals surface area contributed by atoms with Gasteiger partial charge in [-0.3, -0.25) is 0 Å². The number of hydrogen-bond donors (Lipinski definition) is 1. The van der Waals surface area contributed by atoms with Crippen molar-refractivity contribution in [1.82, 2.24) is 9.29 Å². The topological polar surface area (TPSA) is 87.6 Å². The number of nitrogens with zero attached hydrogens (tertiary/aromatic N) is 2. The van der Waals surface area contributed by atoms with Crippen LogP contribution < -0.4 is 0 Å². The number of benzene rings is 1. The number of carboxylic acids is 1. The van der Waals surface area contributed by atoms with Crippen molar-refractivity contribution in [2.24, 2.45) is 0 Å². The van der Waals surface area contributed by atoms with Gasteiger partial charge in [-0.15, -0.1) is 11.3 Å². The van der Waals surface area contributed by atoms with E-state index in [2.05, 4.69) is 4.98 Å². The van der Waals surface area contributed by atoms with Crippen molar-refractivity contribution in [2.45, 2.75) is 24.7 Å². The van der Waals surface area contributed by atoms with Crippen LogP contribution in [-0.4, -0.2) is 41.9 Å². The van der Waals surface area contributed by atoms with Gasteiger partial charge in [0.2, 0.25) is 10.0 Å². The van der Waals surface area contributed by atoms with E-state index in [-0.39, 0.29) is 10.5 Å². The second-order valence-electron chi connectivity index (χ2n) is 6.56. The summed E-state index contributed by atoms with van der Waals surface area (Å²) >= 11 is 1.54. The summed E-state index contributed by atoms with van der Waals surface area (Å²) in [6.45, 7) is 2.98. The summed E-state index contributed by atoms with van der Waals surface area (Å²) in [5, 5.41) is 10.0. The molecule has 0 amide bonds. The molecule has 140 valence electrons. The summed E-state index contributed by atoms with van der Waals surface area (Å²) in [7, 11) is -3.62. The molecule has 2 aromatic heterocycles. The average molecular weight is 402 g/mol. The monoisotopic (exact) mass is 402 g/mol. The van der Waals surface area contributed by atoms with Gasteiger partial charge in [0.25, 0.3) is 0 Å². The van der Waals surface area contributed by atoms with E-state index in [1.807, 2.05) is 19.1 Å². The van der Waals surface area contributed by atoms with Crippen LogP contribution in [-0.2, 0) is 10.0 Å². The summed E-state index contributed by atoms with van der Waals surface area (Å²) < 4.78 is 27.1. The lowest BCUT2D eigenvalue weighted by Gasteiger charge is -2.16. The van der Waals surface area contributed by atoms with Crippen LogP contribution in [0.25, 0.3) is 21.5 Å². The van der Waals surface area contributed by atoms with E-state index in [4.69, 9.17) is 0 Å². The lowest BCUT2D eigenvalue weighted by atomic mass is 10.1. The third-order valence-electron chi connectivity index (χ3n) is 4.71. The second kappa shape index (κ2) is 6.70. The second-order valence-corrected chi connectivity index (χ2v) is 9.79. The Bertz CT molecular complexity index is 1150. The molecule has 8 heteroatoms. The Morgan fingerprint density at radius 1 is 1.15 bits per heavy atom. The highest BCUT2D eigenvalue weighted by Gasteiger charge is 2.28. The van der Waals surface area contributed by atoms with Crippen molar-refractivity contribution in [3.8, 4) is 10.6 Å². The number of carboxylic acid groups (broad SMARTS) is 1. The molecule has 1 aliphatic rings. The van der Waals surface area contributed by atoms with Gasteiger partial charge in [-0.1, -0.05) is 0 Å². The molecule has 0 unspecified atom stereocenters. The Morgan fingerprint density at radius 2 is 1.89 bits per heavy atom. The van der Waals surface area contributed by atoms with Crippen LogP contribution in [0.3, 0.4) is 0 Å². The normalized spacial score (nSPS) is 15.4. The number of carbonyl (C=O) groups is 1. The maximum absolute atomic E-state index is 12.8. The van der Waals surface area contributed by atoms with Gasteiger partial charge in [0.05, 0.1) is 26.5 Å². The number of fused-ring (bicyclic) bond motifs is 1. The zero-order valence-corrected chi connectivity index (χ0v) is 16.3. The molecule has 27 heavy (non-hydrogen) atoms. The first-order valence-corrected chi connectivity index (χ1v) is 10.9. The molecule has 0 saturated carbocycles. The SMILES string of the molecule is Cc1ccc(-c2cc(C(=O)O)c3cc(S(=O)(=O)N4CCCC4)ccc3n2)s1. The summed E-state index contributed by atoms with van der Waals surface area (Å²) in [6, 6.07) is 9.92. The molecule has 1 fully saturated rings. The first kappa shape index (κ1) is 18.1. The fraction of sp³-hybridized carbons (Fsp3) is 0.263. The zero-order chi connectivity index (χ0) is 19.2. The number of rotatable bonds is 4. The van der Waals surface area contributed by atoms with E-state index in [1.165, 1.54) is 33.8 Å². The largest absolute Gasteiger partial charge is 0.478 e. The fourth-order valence-corrected chi connectivity index (χ4v) is 5.69. The van der Waals surface area contributed by atoms with Gasteiger partial charge < -0.3 is 5.11 Å². The van der Waals surface area contributed by atoms with E-state index in [1.54, 1.807) is 6.07 Å². The molecule has 1 saturated heterocycles. The Balaban J connectivity index is 1.88. The Kier molecular flexibility index (Phi) is 4.49. The molecule has 6 nitrogen and oxygen atoms in total. The molecular weight excluding hydrogens is 384 g/mol. The number of hydrogen-bond acceptors (Lipinski definition) is 5. The summed E-state index contributed by atoms with van der Waals surface area (Å²) in [5.41, 5.74) is 1.10. The molecule has 1 aliphatic heterocycles. The fourth-order valence-electron chi connectivity index (χ4n) is 3.32. The molecule has 0 atom stereocenters. The van der Waals surface area contributed by atoms with Crippen molar-refractivity contribution < 1.29 is 18.3 Å². The zero-order valence-electron chi connectivity index (χ0n) is 14.7. The molecular formula is C19H18N2O4S2. The van der Waals surface area contributed by atoms with Crippen molar-refractivity contribution in [3.05, 3.63) is 46.8 Å². The van der Waals surface area contributed by atoms with Gasteiger partial charge >= 0.3 is 5.97 Å². The smallest absolute Gasteiger partial charge is 0.336 e. The molecule has 1 aromatic carbocycles. The minimum Gasteiger partial charge on any atom is -0.478 e. The Hall–Kier alpha value is -2.29. The van der Waals surface area contributed by atoms with Crippen molar-refractivity contribution in [2.75, 3.05) is 13.1 Å². The number of thiophene rings is 1. The van der Waals surface area contributed by atoms with Crippen LogP contribution >= 0.6 is 11.3 Å². The highest BCUT2D eigenvalue weighted by Crippen LogP contribution is 2.31. The van der Waals surface area contributed by atoms with Crippen molar-refractivity contribution >= 4 is 38.2 Å². The van der Waals surface area contributed by atoms with Gasteiger partial charge in [0.15, 0.2) is 0 Å². The molecule has 3 aromatic rings. The maximum atomic E-state index is 12.8. The van der Waals surface area contributed by atoms with Crippen molar-refractivity contribution in [1.29, 1.82) is 0 Å². The maximum Gasteiger partial charge on any atom is 0.336 e. The van der Waals surface area contributed by atoms with Gasteiger partial charge in [0.1, 0.15) is 0 Å². The molecule has 1 N–H and O–H groups in total. The molecule has 0 bridgehead atoms. The van der Waals surface area contributed by atoms with Crippen LogP contribution in [0.4, 0.5) is 0 Å². The predicted molar refractivity (Wildman–Crippen MR) is 105 cm³/mol. The molecule has 3 heterocycles. The number of aryl methyl sites for hydroxylation is 1. The van der Waals surface area contributed by atoms with Crippen molar-refractivity contribution in [3.63, 3.8) is 0 Å². The van der Waals surface area contributed by atoms with Crippen LogP contribution in [0.5, 0.6) is 0 Å². The minimum atomic E-state index is -3.62. The van der Waals surface area contributed by atoms with Gasteiger partial charge in [-0.25, -0.2) is 18.2 Å². The van der Waals surface area contributed by atoms with E-state index < -0.39 is 16.0 Å². The number of sulfonamides is 1. The highest BCUT2D eigenvalue weighted by atomic mass is 32.2. The lowest BCUT2D eigenvalue weighted by Crippen LogP contribution is -2.27. The molecule has 0 spiro atoms. The molecule has 0 aliphatic carbocycles. The predicted octanol–water partition coefficient (Wildman–Crippen LogP) is 3.75. The Morgan fingerprint density at radius 3 is 2.52 bits per heavy atom. The van der Waals surface area contributed by atoms with Crippen LogP contribution in [0.2, 0.25) is 0 Å². The van der Waals surface area contributed by atoms with Gasteiger partial charge in [0, 0.05) is 23.4 Å². The van der Waals surface area contributed by atoms with E-state index in [0.29, 0.717) is 29.7 Å². The summed E-state index contributed by atoms with van der Waals surface area (Å²) in [6.07, 6.45) is 1.69. The standard InChI is InChI=1S/C19H18N2O4S2/c1-12-4-7-18(26-12)17-11-15(19(22)23)14-10-13(5-6-16(14)20-17)27(24,25)21-8-2-3-9-21/h4-7,10-11H,2-3,8-9H2,1H3,(H,22,23). The van der Waals surface area contributed by atoms with E-state index in [0.717, 1.165) is 22.6 Å². The van der Waals surface area contributed by atoms with Crippen LogP contribution in [0, 0.1) is 6.92 Å². The number of pyridine rings is 1. The summed E-state index contributed by atoms with van der Waals surface area (Å²) in [5.74, 6) is -1.10. The quantitative estimate of drug-likeness (QED) is 0.718. The number of aromatic carboxylic acids is 1. The van der Waals surface area contributed by atoms with E-state index >= 15 is 0 Å². The average Bonchev–Trinajstić information content (AvgIpc) is 3.32. The van der Waals surface area contributed by atoms with Gasteiger partial charge in [-0.05, 0) is 56.2 Å². The Labute approximate surface area is 161 Å². The molecule has 4 rings (SSSR count). The first-order valence-electron chi connectivity index (χ1n) is 8.61. The van der Waals surface area contributed by atoms with E-state index in [9.17, 15) is 18.3 Å². The van der Waals surface area contributed by atoms with Crippen LogP contribution in [0.15, 0.2) is 41.3 Å². The van der Waals surface area contributed by atoms with Gasteiger partial charge in [-0.2, -0.15) is 4.31 Å². The summed E-state index contributed by atoms with van der Waals surface area (Å²) in [4.78, 5) is 18.5. The number of aromatic nitrogens is 1.